The summed E-state index contributed by atoms with van der Waals surface area (Å²) in [6, 6.07) is 7.50. The van der Waals surface area contributed by atoms with Crippen molar-refractivity contribution in [1.29, 1.82) is 0 Å². The Morgan fingerprint density at radius 3 is 2.80 bits per heavy atom. The highest BCUT2D eigenvalue weighted by atomic mass is 19.1. The molecule has 2 aromatic rings. The predicted molar refractivity (Wildman–Crippen MR) is 54.5 cm³/mol. The van der Waals surface area contributed by atoms with Crippen molar-refractivity contribution in [2.45, 2.75) is 6.04 Å². The third-order valence-electron chi connectivity index (χ3n) is 2.13. The van der Waals surface area contributed by atoms with Crippen LogP contribution in [0.4, 0.5) is 4.39 Å². The highest BCUT2D eigenvalue weighted by molar-refractivity contribution is 5.26. The highest BCUT2D eigenvalue weighted by Gasteiger charge is 2.09. The maximum atomic E-state index is 13.0. The van der Waals surface area contributed by atoms with E-state index in [1.165, 1.54) is 18.5 Å². The van der Waals surface area contributed by atoms with Crippen LogP contribution in [0.15, 0.2) is 42.9 Å². The maximum absolute atomic E-state index is 13.0. The molecule has 2 rings (SSSR count). The molecular weight excluding hydrogens is 193 g/mol. The van der Waals surface area contributed by atoms with Crippen LogP contribution in [0.25, 0.3) is 0 Å². The fraction of sp³-hybridized carbons (Fsp3) is 0.0909. The third kappa shape index (κ3) is 2.16. The summed E-state index contributed by atoms with van der Waals surface area (Å²) in [7, 11) is 0. The normalized spacial score (nSPS) is 12.4. The number of benzene rings is 1. The summed E-state index contributed by atoms with van der Waals surface area (Å²) >= 11 is 0. The Labute approximate surface area is 86.8 Å². The Morgan fingerprint density at radius 2 is 2.13 bits per heavy atom. The first-order valence-corrected chi connectivity index (χ1v) is 4.54. The van der Waals surface area contributed by atoms with E-state index in [9.17, 15) is 4.39 Å². The minimum absolute atomic E-state index is 0.294. The van der Waals surface area contributed by atoms with Gasteiger partial charge in [0.15, 0.2) is 0 Å². The molecule has 0 radical (unpaired) electrons. The Kier molecular flexibility index (Phi) is 2.69. The van der Waals surface area contributed by atoms with E-state index in [4.69, 9.17) is 5.73 Å². The van der Waals surface area contributed by atoms with Crippen molar-refractivity contribution in [1.82, 2.24) is 9.97 Å². The van der Waals surface area contributed by atoms with Crippen LogP contribution < -0.4 is 5.73 Å². The molecule has 0 fully saturated rings. The van der Waals surface area contributed by atoms with Gasteiger partial charge in [-0.1, -0.05) is 12.1 Å². The lowest BCUT2D eigenvalue weighted by Crippen LogP contribution is -2.13. The van der Waals surface area contributed by atoms with Gasteiger partial charge in [-0.05, 0) is 23.8 Å². The quantitative estimate of drug-likeness (QED) is 0.807. The van der Waals surface area contributed by atoms with Crippen LogP contribution >= 0.6 is 0 Å². The molecule has 1 aromatic carbocycles. The van der Waals surface area contributed by atoms with Crippen molar-refractivity contribution in [3.63, 3.8) is 0 Å². The van der Waals surface area contributed by atoms with Crippen LogP contribution in [0.5, 0.6) is 0 Å². The zero-order valence-electron chi connectivity index (χ0n) is 7.97. The number of halogens is 1. The second-order valence-electron chi connectivity index (χ2n) is 3.17. The first-order chi connectivity index (χ1) is 7.27. The second-order valence-corrected chi connectivity index (χ2v) is 3.17. The number of aromatic nitrogens is 2. The van der Waals surface area contributed by atoms with Gasteiger partial charge in [0.2, 0.25) is 0 Å². The van der Waals surface area contributed by atoms with Gasteiger partial charge in [0.05, 0.1) is 11.7 Å². The van der Waals surface area contributed by atoms with Crippen molar-refractivity contribution in [3.8, 4) is 0 Å². The van der Waals surface area contributed by atoms with Gasteiger partial charge < -0.3 is 5.73 Å². The first kappa shape index (κ1) is 9.73. The summed E-state index contributed by atoms with van der Waals surface area (Å²) < 4.78 is 13.0. The molecule has 4 heteroatoms. The first-order valence-electron chi connectivity index (χ1n) is 4.54. The summed E-state index contributed by atoms with van der Waals surface area (Å²) in [5.74, 6) is -0.294. The average molecular weight is 203 g/mol. The fourth-order valence-corrected chi connectivity index (χ4v) is 1.36. The molecule has 0 spiro atoms. The maximum Gasteiger partial charge on any atom is 0.123 e. The molecule has 3 nitrogen and oxygen atoms in total. The molecule has 0 saturated carbocycles. The van der Waals surface area contributed by atoms with E-state index in [-0.39, 0.29) is 5.82 Å². The molecule has 0 aliphatic heterocycles. The minimum Gasteiger partial charge on any atom is -0.319 e. The Bertz CT molecular complexity index is 445. The van der Waals surface area contributed by atoms with Crippen molar-refractivity contribution >= 4 is 0 Å². The summed E-state index contributed by atoms with van der Waals surface area (Å²) in [6.07, 6.45) is 3.04. The highest BCUT2D eigenvalue weighted by Crippen LogP contribution is 2.17. The number of nitrogens with two attached hydrogens (primary N) is 1. The van der Waals surface area contributed by atoms with Crippen LogP contribution in [-0.2, 0) is 0 Å². The Morgan fingerprint density at radius 1 is 1.27 bits per heavy atom. The van der Waals surface area contributed by atoms with Crippen LogP contribution in [0.3, 0.4) is 0 Å². The van der Waals surface area contributed by atoms with Gasteiger partial charge in [-0.15, -0.1) is 0 Å². The lowest BCUT2D eigenvalue weighted by Gasteiger charge is -2.10. The third-order valence-corrected chi connectivity index (χ3v) is 2.13. The lowest BCUT2D eigenvalue weighted by atomic mass is 10.0. The summed E-state index contributed by atoms with van der Waals surface area (Å²) in [5, 5.41) is 0. The molecule has 0 amide bonds. The number of nitrogens with zero attached hydrogens (tertiary/aromatic N) is 2. The minimum atomic E-state index is -0.413. The van der Waals surface area contributed by atoms with Crippen LogP contribution in [-0.4, -0.2) is 9.97 Å². The van der Waals surface area contributed by atoms with Crippen molar-refractivity contribution in [2.75, 3.05) is 0 Å². The smallest absolute Gasteiger partial charge is 0.123 e. The van der Waals surface area contributed by atoms with Crippen molar-refractivity contribution in [3.05, 3.63) is 59.9 Å². The topological polar surface area (TPSA) is 51.8 Å². The SMILES string of the molecule is NC(c1cccc(F)c1)c1ccncn1. The molecule has 0 saturated heterocycles. The van der Waals surface area contributed by atoms with E-state index in [1.807, 2.05) is 0 Å². The zero-order chi connectivity index (χ0) is 10.7. The monoisotopic (exact) mass is 203 g/mol. The Hall–Kier alpha value is -1.81. The van der Waals surface area contributed by atoms with Gasteiger partial charge >= 0.3 is 0 Å². The molecule has 1 unspecified atom stereocenters. The van der Waals surface area contributed by atoms with Gasteiger partial charge in [-0.2, -0.15) is 0 Å². The second kappa shape index (κ2) is 4.14. The molecule has 0 aliphatic rings. The molecule has 2 N–H and O–H groups in total. The average Bonchev–Trinajstić information content (AvgIpc) is 2.29. The largest absolute Gasteiger partial charge is 0.319 e. The zero-order valence-corrected chi connectivity index (χ0v) is 7.97. The summed E-state index contributed by atoms with van der Waals surface area (Å²) in [5.41, 5.74) is 7.31. The van der Waals surface area contributed by atoms with Gasteiger partial charge in [0.1, 0.15) is 12.1 Å². The molecule has 0 aliphatic carbocycles. The molecule has 1 aromatic heterocycles. The molecule has 1 heterocycles. The van der Waals surface area contributed by atoms with Gasteiger partial charge in [-0.25, -0.2) is 14.4 Å². The molecule has 1 atom stereocenters. The number of rotatable bonds is 2. The van der Waals surface area contributed by atoms with E-state index in [1.54, 1.807) is 24.4 Å². The van der Waals surface area contributed by atoms with Crippen LogP contribution in [0, 0.1) is 5.82 Å². The lowest BCUT2D eigenvalue weighted by molar-refractivity contribution is 0.623. The predicted octanol–water partition coefficient (Wildman–Crippen LogP) is 1.66. The van der Waals surface area contributed by atoms with Crippen molar-refractivity contribution in [2.24, 2.45) is 5.73 Å². The van der Waals surface area contributed by atoms with Crippen molar-refractivity contribution < 1.29 is 4.39 Å². The van der Waals surface area contributed by atoms with Gasteiger partial charge in [0, 0.05) is 6.20 Å². The van der Waals surface area contributed by atoms with E-state index in [0.29, 0.717) is 11.3 Å². The fourth-order valence-electron chi connectivity index (χ4n) is 1.36. The van der Waals surface area contributed by atoms with E-state index in [0.717, 1.165) is 0 Å². The van der Waals surface area contributed by atoms with Gasteiger partial charge in [-0.3, -0.25) is 0 Å². The summed E-state index contributed by atoms with van der Waals surface area (Å²) in [4.78, 5) is 7.82. The summed E-state index contributed by atoms with van der Waals surface area (Å²) in [6.45, 7) is 0. The standard InChI is InChI=1S/C11H10FN3/c12-9-3-1-2-8(6-9)11(13)10-4-5-14-7-15-10/h1-7,11H,13H2. The number of hydrogen-bond donors (Lipinski definition) is 1. The molecule has 76 valence electrons. The van der Waals surface area contributed by atoms with E-state index >= 15 is 0 Å². The number of hydrogen-bond acceptors (Lipinski definition) is 3. The molecular formula is C11H10FN3. The Balaban J connectivity index is 2.32. The molecule has 15 heavy (non-hydrogen) atoms. The molecule has 0 bridgehead atoms. The van der Waals surface area contributed by atoms with Gasteiger partial charge in [0.25, 0.3) is 0 Å². The van der Waals surface area contributed by atoms with Crippen LogP contribution in [0.2, 0.25) is 0 Å². The van der Waals surface area contributed by atoms with Crippen LogP contribution in [0.1, 0.15) is 17.3 Å². The van der Waals surface area contributed by atoms with E-state index < -0.39 is 6.04 Å². The van der Waals surface area contributed by atoms with E-state index in [2.05, 4.69) is 9.97 Å².